The van der Waals surface area contributed by atoms with Gasteiger partial charge in [0, 0.05) is 6.89 Å². The van der Waals surface area contributed by atoms with Crippen molar-refractivity contribution >= 4 is 104 Å². The van der Waals surface area contributed by atoms with Gasteiger partial charge in [0.1, 0.15) is 35.8 Å². The molecular formula is C43H36Cl3N2O9PS. The standard InChI is InChI=1S/C43H36Cl3N2O9PS/c44-43(45,46)29-57-42(53)56-28-36(50)59-40-37(47-35(49)27-54-31-18-8-2-9-19-31)38(51)48(40)39(41(52)55-26-30-16-6-1-7-17-30)58(32-20-10-3-11-21-32,33-22-12-4-13-23-33)34-24-14-5-15-25-34/h1-25,37,40H,26-29H2,(H,47,49)/t37-,40-/m0/s1. The SMILES string of the molecule is O=C(COc1ccccc1)N[C@H]1C(=O)N(C(C(=O)OCc2ccccc2)=P(c2ccccc2)(c2ccccc2)c2ccccc2)[C@H]1SC(=O)COC(=O)OCC(Cl)(Cl)Cl. The van der Waals surface area contributed by atoms with Crippen molar-refractivity contribution in [2.24, 2.45) is 0 Å². The molecular weight excluding hydrogens is 858 g/mol. The largest absolute Gasteiger partial charge is 0.508 e. The van der Waals surface area contributed by atoms with Gasteiger partial charge >= 0.3 is 12.1 Å². The summed E-state index contributed by atoms with van der Waals surface area (Å²) in [5.41, 5.74) is 0.656. The van der Waals surface area contributed by atoms with Crippen molar-refractivity contribution in [3.05, 3.63) is 157 Å². The minimum Gasteiger partial charge on any atom is -0.484 e. The number of hydrogen-bond acceptors (Lipinski definition) is 10. The van der Waals surface area contributed by atoms with Crippen molar-refractivity contribution in [2.75, 3.05) is 19.8 Å². The van der Waals surface area contributed by atoms with Crippen LogP contribution in [-0.4, -0.2) is 74.4 Å². The number of hydrogen-bond donors (Lipinski definition) is 1. The fraction of sp³-hybridized carbons (Fsp3) is 0.163. The zero-order valence-electron chi connectivity index (χ0n) is 31.0. The Labute approximate surface area is 359 Å². The van der Waals surface area contributed by atoms with Gasteiger partial charge in [-0.05, 0) is 33.6 Å². The van der Waals surface area contributed by atoms with Gasteiger partial charge in [0.25, 0.3) is 11.8 Å². The van der Waals surface area contributed by atoms with Crippen LogP contribution in [0.1, 0.15) is 5.56 Å². The maximum Gasteiger partial charge on any atom is 0.508 e. The fourth-order valence-electron chi connectivity index (χ4n) is 6.25. The van der Waals surface area contributed by atoms with Crippen molar-refractivity contribution in [1.82, 2.24) is 10.2 Å². The van der Waals surface area contributed by atoms with Gasteiger partial charge in [-0.2, -0.15) is 0 Å². The second kappa shape index (κ2) is 20.2. The minimum atomic E-state index is -3.41. The van der Waals surface area contributed by atoms with Crippen molar-refractivity contribution in [3.63, 3.8) is 0 Å². The highest BCUT2D eigenvalue weighted by Gasteiger charge is 2.55. The second-order valence-corrected chi connectivity index (χ2v) is 19.7. The summed E-state index contributed by atoms with van der Waals surface area (Å²) in [5.74, 6) is -1.76. The van der Waals surface area contributed by atoms with Crippen LogP contribution < -0.4 is 26.0 Å². The van der Waals surface area contributed by atoms with Gasteiger partial charge in [-0.25, -0.2) is 9.59 Å². The topological polar surface area (TPSA) is 138 Å². The average molecular weight is 894 g/mol. The lowest BCUT2D eigenvalue weighted by Gasteiger charge is -2.49. The van der Waals surface area contributed by atoms with Crippen LogP contribution in [0.15, 0.2) is 152 Å². The quantitative estimate of drug-likeness (QED) is 0.0547. The van der Waals surface area contributed by atoms with Crippen molar-refractivity contribution in [3.8, 4) is 5.75 Å². The van der Waals surface area contributed by atoms with Gasteiger partial charge in [-0.15, -0.1) is 0 Å². The van der Waals surface area contributed by atoms with E-state index in [9.17, 15) is 19.2 Å². The van der Waals surface area contributed by atoms with E-state index in [0.717, 1.165) is 0 Å². The van der Waals surface area contributed by atoms with Gasteiger partial charge in [0.15, 0.2) is 13.2 Å². The summed E-state index contributed by atoms with van der Waals surface area (Å²) >= 11 is 17.6. The van der Waals surface area contributed by atoms with Crippen molar-refractivity contribution < 1.29 is 42.9 Å². The molecule has 304 valence electrons. The van der Waals surface area contributed by atoms with E-state index in [4.69, 9.17) is 53.8 Å². The number of nitrogens with one attached hydrogen (secondary N) is 1. The number of carbonyl (C=O) groups is 5. The zero-order chi connectivity index (χ0) is 41.8. The first-order chi connectivity index (χ1) is 28.5. The van der Waals surface area contributed by atoms with E-state index < -0.39 is 71.0 Å². The highest BCUT2D eigenvalue weighted by molar-refractivity contribution is 8.14. The van der Waals surface area contributed by atoms with E-state index >= 15 is 4.79 Å². The maximum absolute atomic E-state index is 15.1. The van der Waals surface area contributed by atoms with Crippen molar-refractivity contribution in [1.29, 1.82) is 0 Å². The summed E-state index contributed by atoms with van der Waals surface area (Å²) in [6, 6.07) is 44.2. The molecule has 1 heterocycles. The molecule has 2 atom stereocenters. The Morgan fingerprint density at radius 1 is 0.661 bits per heavy atom. The molecule has 0 spiro atoms. The van der Waals surface area contributed by atoms with Gasteiger partial charge in [-0.1, -0.05) is 186 Å². The number of rotatable bonds is 15. The van der Waals surface area contributed by atoms with E-state index in [-0.39, 0.29) is 12.0 Å². The van der Waals surface area contributed by atoms with E-state index in [0.29, 0.717) is 39.0 Å². The third-order valence-corrected chi connectivity index (χ3v) is 14.4. The average Bonchev–Trinajstić information content (AvgIpc) is 3.26. The lowest BCUT2D eigenvalue weighted by atomic mass is 10.1. The summed E-state index contributed by atoms with van der Waals surface area (Å²) in [6.45, 7) is -5.47. The second-order valence-electron chi connectivity index (χ2n) is 12.7. The Hall–Kier alpha value is -5.23. The Morgan fingerprint density at radius 2 is 1.15 bits per heavy atom. The van der Waals surface area contributed by atoms with E-state index in [2.05, 4.69) is 5.32 Å². The highest BCUT2D eigenvalue weighted by Crippen LogP contribution is 2.49. The van der Waals surface area contributed by atoms with E-state index in [1.165, 1.54) is 4.90 Å². The number of carbonyl (C=O) groups excluding carboxylic acids is 5. The molecule has 1 fully saturated rings. The smallest absolute Gasteiger partial charge is 0.484 e. The highest BCUT2D eigenvalue weighted by atomic mass is 35.6. The minimum absolute atomic E-state index is 0.0404. The molecule has 11 nitrogen and oxygen atoms in total. The number of para-hydroxylation sites is 1. The normalized spacial score (nSPS) is 15.0. The van der Waals surface area contributed by atoms with Crippen LogP contribution in [0.25, 0.3) is 0 Å². The Bertz CT molecular complexity index is 2200. The first kappa shape index (κ1) is 43.4. The molecule has 5 aromatic carbocycles. The molecule has 2 amide bonds. The monoisotopic (exact) mass is 892 g/mol. The molecule has 0 aliphatic carbocycles. The zero-order valence-corrected chi connectivity index (χ0v) is 35.0. The molecule has 1 aliphatic rings. The number of halogens is 3. The number of esters is 1. The van der Waals surface area contributed by atoms with Gasteiger partial charge in [0.2, 0.25) is 8.91 Å². The van der Waals surface area contributed by atoms with Crippen molar-refractivity contribution in [2.45, 2.75) is 21.8 Å². The summed E-state index contributed by atoms with van der Waals surface area (Å²) in [4.78, 5) is 70.4. The van der Waals surface area contributed by atoms with Crippen LogP contribution >= 0.6 is 53.5 Å². The molecule has 6 rings (SSSR count). The van der Waals surface area contributed by atoms with Crippen LogP contribution in [0.5, 0.6) is 5.75 Å². The molecule has 59 heavy (non-hydrogen) atoms. The lowest BCUT2D eigenvalue weighted by molar-refractivity contribution is -0.146. The molecule has 0 aromatic heterocycles. The number of β-lactam (4-membered cyclic amide) rings is 1. The molecule has 5 aromatic rings. The summed E-state index contributed by atoms with van der Waals surface area (Å²) < 4.78 is 19.6. The van der Waals surface area contributed by atoms with E-state index in [1.807, 2.05) is 109 Å². The third kappa shape index (κ3) is 10.9. The molecule has 1 saturated heterocycles. The van der Waals surface area contributed by atoms with Crippen LogP contribution in [0.4, 0.5) is 4.79 Å². The van der Waals surface area contributed by atoms with Crippen LogP contribution in [-0.2, 0) is 40.0 Å². The van der Waals surface area contributed by atoms with Crippen LogP contribution in [0.3, 0.4) is 0 Å². The number of ether oxygens (including phenoxy) is 4. The lowest BCUT2D eigenvalue weighted by Crippen LogP contribution is -2.73. The summed E-state index contributed by atoms with van der Waals surface area (Å²) in [6.07, 6.45) is -1.28. The molecule has 1 N–H and O–H groups in total. The number of nitrogens with zero attached hydrogens (tertiary/aromatic N) is 1. The predicted octanol–water partition coefficient (Wildman–Crippen LogP) is 6.37. The Kier molecular flexibility index (Phi) is 14.8. The van der Waals surface area contributed by atoms with Gasteiger partial charge < -0.3 is 24.3 Å². The van der Waals surface area contributed by atoms with Crippen LogP contribution in [0.2, 0.25) is 0 Å². The molecule has 0 unspecified atom stereocenters. The Balaban J connectivity index is 1.48. The first-order valence-corrected chi connectivity index (χ1v) is 21.8. The van der Waals surface area contributed by atoms with Gasteiger partial charge in [-0.3, -0.25) is 19.3 Å². The predicted molar refractivity (Wildman–Crippen MR) is 231 cm³/mol. The molecule has 0 radical (unpaired) electrons. The van der Waals surface area contributed by atoms with Gasteiger partial charge in [0.05, 0.1) is 0 Å². The van der Waals surface area contributed by atoms with Crippen LogP contribution in [0, 0.1) is 0 Å². The Morgan fingerprint density at radius 3 is 1.66 bits per heavy atom. The summed E-state index contributed by atoms with van der Waals surface area (Å²) in [5, 5.41) is 2.81. The molecule has 16 heteroatoms. The third-order valence-electron chi connectivity index (χ3n) is 8.76. The molecule has 0 bridgehead atoms. The summed E-state index contributed by atoms with van der Waals surface area (Å²) in [7, 11) is 0. The number of amides is 2. The fourth-order valence-corrected chi connectivity index (χ4v) is 11.9. The number of likely N-dealkylation sites (tertiary alicyclic amines) is 1. The maximum atomic E-state index is 15.1. The first-order valence-electron chi connectivity index (χ1n) is 18.0. The van der Waals surface area contributed by atoms with E-state index in [1.54, 1.807) is 42.5 Å². The number of alkyl halides is 3. The molecule has 1 aliphatic heterocycles. The number of thioether (sulfide) groups is 1. The molecule has 0 saturated carbocycles. The number of benzene rings is 5.